The molecule has 198 valence electrons. The Morgan fingerprint density at radius 2 is 1.12 bits per heavy atom. The molecule has 0 rings (SSSR count). The summed E-state index contributed by atoms with van der Waals surface area (Å²) in [5.74, 6) is 0. The third kappa shape index (κ3) is 10.4. The van der Waals surface area contributed by atoms with E-state index in [1.807, 2.05) is 6.08 Å². The standard InChI is InChI=1S/C27H60O3Si3/c1-16-20-24(29-32(14,15)27(9,10)11)22-25(30-33(17-2,18-3)19-4)21-23(5)28-31(12,13)26(6,7)8/h16,23-25H,1,17-22H2,2-15H3/t23-,24+,25+/m1/s1. The van der Waals surface area contributed by atoms with E-state index in [0.29, 0.717) is 0 Å². The molecule has 0 amide bonds. The zero-order valence-corrected chi connectivity index (χ0v) is 28.0. The molecular weight excluding hydrogens is 457 g/mol. The summed E-state index contributed by atoms with van der Waals surface area (Å²) in [6, 6.07) is 3.51. The topological polar surface area (TPSA) is 27.7 Å². The molecular formula is C27H60O3Si3. The summed E-state index contributed by atoms with van der Waals surface area (Å²) >= 11 is 0. The van der Waals surface area contributed by atoms with Crippen LogP contribution in [-0.4, -0.2) is 43.3 Å². The molecule has 0 aliphatic heterocycles. The van der Waals surface area contributed by atoms with Gasteiger partial charge in [0.2, 0.25) is 0 Å². The summed E-state index contributed by atoms with van der Waals surface area (Å²) < 4.78 is 20.8. The fourth-order valence-corrected chi connectivity index (χ4v) is 9.64. The fourth-order valence-electron chi connectivity index (χ4n) is 3.91. The average molecular weight is 517 g/mol. The molecule has 3 atom stereocenters. The van der Waals surface area contributed by atoms with E-state index in [9.17, 15) is 0 Å². The van der Waals surface area contributed by atoms with Gasteiger partial charge in [-0.2, -0.15) is 0 Å². The Bertz CT molecular complexity index is 564. The molecule has 0 aromatic rings. The van der Waals surface area contributed by atoms with Gasteiger partial charge in [0, 0.05) is 12.2 Å². The maximum atomic E-state index is 7.11. The van der Waals surface area contributed by atoms with E-state index in [0.717, 1.165) is 19.3 Å². The van der Waals surface area contributed by atoms with Gasteiger partial charge < -0.3 is 13.3 Å². The van der Waals surface area contributed by atoms with E-state index < -0.39 is 25.0 Å². The van der Waals surface area contributed by atoms with Gasteiger partial charge in [0.05, 0.1) is 6.10 Å². The zero-order valence-electron chi connectivity index (χ0n) is 25.0. The Morgan fingerprint density at radius 1 is 0.697 bits per heavy atom. The summed E-state index contributed by atoms with van der Waals surface area (Å²) in [7, 11) is -5.44. The number of rotatable bonds is 15. The SMILES string of the molecule is C=CC[C@@H](C[C@H](C[C@@H](C)O[Si](C)(C)C(C)(C)C)O[Si](CC)(CC)CC)O[Si](C)(C)C(C)(C)C. The van der Waals surface area contributed by atoms with E-state index in [1.54, 1.807) is 0 Å². The van der Waals surface area contributed by atoms with E-state index in [1.165, 1.54) is 18.1 Å². The van der Waals surface area contributed by atoms with Gasteiger partial charge in [0.25, 0.3) is 0 Å². The normalized spacial score (nSPS) is 17.0. The molecule has 0 heterocycles. The lowest BCUT2D eigenvalue weighted by molar-refractivity contribution is 0.0601. The molecule has 0 unspecified atom stereocenters. The highest BCUT2D eigenvalue weighted by Crippen LogP contribution is 2.40. The Labute approximate surface area is 211 Å². The van der Waals surface area contributed by atoms with Gasteiger partial charge >= 0.3 is 0 Å². The van der Waals surface area contributed by atoms with Gasteiger partial charge in [-0.15, -0.1) is 6.58 Å². The second kappa shape index (κ2) is 13.0. The maximum Gasteiger partial charge on any atom is 0.192 e. The van der Waals surface area contributed by atoms with Crippen LogP contribution in [0.25, 0.3) is 0 Å². The van der Waals surface area contributed by atoms with Crippen molar-refractivity contribution in [2.75, 3.05) is 0 Å². The Kier molecular flexibility index (Phi) is 13.1. The molecule has 0 saturated heterocycles. The van der Waals surface area contributed by atoms with Crippen LogP contribution in [0.5, 0.6) is 0 Å². The summed E-state index contributed by atoms with van der Waals surface area (Å²) in [6.07, 6.45) is 5.29. The highest BCUT2D eigenvalue weighted by Gasteiger charge is 2.42. The summed E-state index contributed by atoms with van der Waals surface area (Å²) in [5, 5.41) is 0.402. The lowest BCUT2D eigenvalue weighted by atomic mass is 10.0. The van der Waals surface area contributed by atoms with Gasteiger partial charge in [-0.1, -0.05) is 68.4 Å². The second-order valence-corrected chi connectivity index (χ2v) is 27.4. The van der Waals surface area contributed by atoms with Gasteiger partial charge in [0.15, 0.2) is 25.0 Å². The molecule has 0 saturated carbocycles. The van der Waals surface area contributed by atoms with Crippen LogP contribution in [-0.2, 0) is 13.3 Å². The van der Waals surface area contributed by atoms with Crippen LogP contribution in [0.4, 0.5) is 0 Å². The average Bonchev–Trinajstić information content (AvgIpc) is 2.63. The second-order valence-electron chi connectivity index (χ2n) is 13.2. The lowest BCUT2D eigenvalue weighted by Crippen LogP contribution is -2.47. The molecule has 33 heavy (non-hydrogen) atoms. The van der Waals surface area contributed by atoms with Crippen molar-refractivity contribution < 1.29 is 13.3 Å². The molecule has 0 aliphatic rings. The molecule has 3 nitrogen and oxygen atoms in total. The van der Waals surface area contributed by atoms with E-state index >= 15 is 0 Å². The first kappa shape index (κ1) is 33.3. The van der Waals surface area contributed by atoms with Crippen LogP contribution >= 0.6 is 0 Å². The van der Waals surface area contributed by atoms with Crippen molar-refractivity contribution in [2.45, 2.75) is 161 Å². The smallest absolute Gasteiger partial charge is 0.192 e. The predicted molar refractivity (Wildman–Crippen MR) is 156 cm³/mol. The molecule has 6 heteroatoms. The van der Waals surface area contributed by atoms with Crippen molar-refractivity contribution in [1.82, 2.24) is 0 Å². The molecule has 0 radical (unpaired) electrons. The third-order valence-electron chi connectivity index (χ3n) is 8.47. The van der Waals surface area contributed by atoms with Crippen molar-refractivity contribution in [3.8, 4) is 0 Å². The van der Waals surface area contributed by atoms with Crippen molar-refractivity contribution in [1.29, 1.82) is 0 Å². The molecule has 0 aliphatic carbocycles. The van der Waals surface area contributed by atoms with Gasteiger partial charge in [0.1, 0.15) is 0 Å². The largest absolute Gasteiger partial charge is 0.414 e. The number of hydrogen-bond donors (Lipinski definition) is 0. The van der Waals surface area contributed by atoms with Gasteiger partial charge in [-0.25, -0.2) is 0 Å². The molecule has 0 N–H and O–H groups in total. The Morgan fingerprint density at radius 3 is 1.48 bits per heavy atom. The molecule has 0 aromatic heterocycles. The highest BCUT2D eigenvalue weighted by molar-refractivity contribution is 6.74. The minimum absolute atomic E-state index is 0.158. The van der Waals surface area contributed by atoms with Crippen molar-refractivity contribution in [3.05, 3.63) is 12.7 Å². The summed E-state index contributed by atoms with van der Waals surface area (Å²) in [6.45, 7) is 36.6. The van der Waals surface area contributed by atoms with Crippen molar-refractivity contribution >= 4 is 25.0 Å². The van der Waals surface area contributed by atoms with Crippen LogP contribution in [0.15, 0.2) is 12.7 Å². The summed E-state index contributed by atoms with van der Waals surface area (Å²) in [4.78, 5) is 0. The van der Waals surface area contributed by atoms with Crippen LogP contribution < -0.4 is 0 Å². The van der Waals surface area contributed by atoms with Crippen LogP contribution in [0.3, 0.4) is 0 Å². The van der Waals surface area contributed by atoms with Gasteiger partial charge in [-0.05, 0) is 80.6 Å². The van der Waals surface area contributed by atoms with Crippen LogP contribution in [0.2, 0.25) is 54.4 Å². The molecule has 0 aromatic carbocycles. The summed E-state index contributed by atoms with van der Waals surface area (Å²) in [5.41, 5.74) is 0. The number of hydrogen-bond acceptors (Lipinski definition) is 3. The molecule has 0 fully saturated rings. The molecule has 0 spiro atoms. The maximum absolute atomic E-state index is 7.11. The van der Waals surface area contributed by atoms with Gasteiger partial charge in [-0.3, -0.25) is 0 Å². The lowest BCUT2D eigenvalue weighted by Gasteiger charge is -2.42. The third-order valence-corrected chi connectivity index (χ3v) is 22.3. The predicted octanol–water partition coefficient (Wildman–Crippen LogP) is 9.53. The fraction of sp³-hybridized carbons (Fsp3) is 0.926. The van der Waals surface area contributed by atoms with Crippen molar-refractivity contribution in [3.63, 3.8) is 0 Å². The van der Waals surface area contributed by atoms with E-state index in [4.69, 9.17) is 13.3 Å². The Hall–Kier alpha value is 0.271. The van der Waals surface area contributed by atoms with Crippen LogP contribution in [0.1, 0.15) is 88.5 Å². The molecule has 0 bridgehead atoms. The first-order valence-electron chi connectivity index (χ1n) is 13.4. The zero-order chi connectivity index (χ0) is 26.3. The monoisotopic (exact) mass is 516 g/mol. The van der Waals surface area contributed by atoms with E-state index in [-0.39, 0.29) is 28.4 Å². The van der Waals surface area contributed by atoms with Crippen molar-refractivity contribution in [2.24, 2.45) is 0 Å². The Balaban J connectivity index is 5.82. The highest BCUT2D eigenvalue weighted by atomic mass is 28.4. The first-order chi connectivity index (χ1) is 14.8. The van der Waals surface area contributed by atoms with Crippen LogP contribution in [0, 0.1) is 0 Å². The minimum atomic E-state index is -1.88. The quantitative estimate of drug-likeness (QED) is 0.160. The van der Waals surface area contributed by atoms with E-state index in [2.05, 4.69) is 102 Å². The minimum Gasteiger partial charge on any atom is -0.414 e. The first-order valence-corrected chi connectivity index (χ1v) is 21.8.